The summed E-state index contributed by atoms with van der Waals surface area (Å²) in [6.45, 7) is 0.433. The maximum Gasteiger partial charge on any atom is 0.285 e. The van der Waals surface area contributed by atoms with Crippen molar-refractivity contribution in [3.05, 3.63) is 71.3 Å². The van der Waals surface area contributed by atoms with Gasteiger partial charge in [-0.05, 0) is 35.4 Å². The van der Waals surface area contributed by atoms with E-state index in [1.165, 1.54) is 0 Å². The summed E-state index contributed by atoms with van der Waals surface area (Å²) in [4.78, 5) is 15.9. The molecule has 0 radical (unpaired) electrons. The van der Waals surface area contributed by atoms with Crippen molar-refractivity contribution in [1.29, 1.82) is 0 Å². The van der Waals surface area contributed by atoms with Crippen LogP contribution < -0.4 is 16.0 Å². The average Bonchev–Trinajstić information content (AvgIpc) is 2.65. The summed E-state index contributed by atoms with van der Waals surface area (Å²) in [5, 5.41) is 0. The molecule has 3 rings (SSSR count). The lowest BCUT2D eigenvalue weighted by Crippen LogP contribution is -2.34. The Bertz CT molecular complexity index is 1040. The average molecular weight is 387 g/mol. The smallest absolute Gasteiger partial charge is 0.285 e. The predicted molar refractivity (Wildman–Crippen MR) is 100 cm³/mol. The Hall–Kier alpha value is -3.17. The standard InChI is InChI=1S/C18H17N3O5S/c1-27(23,24)26-21-18(19)20-17(22)13-6-4-5-12(11-13)14-9-10-25-16-8-3-2-7-15(14)16/h2-9,11H,10H2,1H3,(H3,19,20,21,22). The van der Waals surface area contributed by atoms with E-state index in [0.717, 1.165) is 28.7 Å². The number of hydrogen-bond donors (Lipinski definition) is 2. The van der Waals surface area contributed by atoms with Gasteiger partial charge in [-0.2, -0.15) is 13.4 Å². The highest BCUT2D eigenvalue weighted by atomic mass is 32.2. The molecule has 1 aliphatic heterocycles. The predicted octanol–water partition coefficient (Wildman–Crippen LogP) is 1.45. The van der Waals surface area contributed by atoms with Crippen molar-refractivity contribution in [2.75, 3.05) is 12.9 Å². The van der Waals surface area contributed by atoms with Crippen LogP contribution in [0.4, 0.5) is 0 Å². The van der Waals surface area contributed by atoms with Gasteiger partial charge in [0.25, 0.3) is 16.0 Å². The van der Waals surface area contributed by atoms with Crippen molar-refractivity contribution in [1.82, 2.24) is 5.48 Å². The Morgan fingerprint density at radius 1 is 1.22 bits per heavy atom. The number of nitrogens with zero attached hydrogens (tertiary/aromatic N) is 1. The van der Waals surface area contributed by atoms with Gasteiger partial charge in [-0.25, -0.2) is 5.48 Å². The van der Waals surface area contributed by atoms with Crippen LogP contribution in [0.1, 0.15) is 21.5 Å². The molecule has 1 amide bonds. The molecule has 0 atom stereocenters. The second-order valence-corrected chi connectivity index (χ2v) is 7.27. The highest BCUT2D eigenvalue weighted by molar-refractivity contribution is 7.85. The first-order chi connectivity index (χ1) is 12.8. The highest BCUT2D eigenvalue weighted by Gasteiger charge is 2.16. The summed E-state index contributed by atoms with van der Waals surface area (Å²) in [5.74, 6) is -0.331. The van der Waals surface area contributed by atoms with Gasteiger partial charge in [-0.15, -0.1) is 4.28 Å². The molecule has 0 bridgehead atoms. The van der Waals surface area contributed by atoms with Gasteiger partial charge in [0.2, 0.25) is 5.96 Å². The van der Waals surface area contributed by atoms with E-state index < -0.39 is 22.0 Å². The number of carbonyl (C=O) groups is 1. The number of ether oxygens (including phenoxy) is 1. The summed E-state index contributed by atoms with van der Waals surface area (Å²) in [7, 11) is -3.77. The molecule has 0 saturated carbocycles. The maximum absolute atomic E-state index is 12.3. The van der Waals surface area contributed by atoms with E-state index in [1.54, 1.807) is 18.2 Å². The van der Waals surface area contributed by atoms with Crippen LogP contribution in [-0.4, -0.2) is 33.1 Å². The van der Waals surface area contributed by atoms with Gasteiger partial charge in [0.15, 0.2) is 0 Å². The number of aliphatic imine (C=N–C) groups is 1. The third-order valence-electron chi connectivity index (χ3n) is 3.64. The van der Waals surface area contributed by atoms with E-state index >= 15 is 0 Å². The van der Waals surface area contributed by atoms with Gasteiger partial charge in [-0.3, -0.25) is 4.79 Å². The number of nitrogens with two attached hydrogens (primary N) is 1. The van der Waals surface area contributed by atoms with Gasteiger partial charge in [0.05, 0.1) is 6.26 Å². The maximum atomic E-state index is 12.3. The van der Waals surface area contributed by atoms with Crippen molar-refractivity contribution in [3.8, 4) is 5.75 Å². The fourth-order valence-corrected chi connectivity index (χ4v) is 2.78. The van der Waals surface area contributed by atoms with Crippen molar-refractivity contribution >= 4 is 27.6 Å². The number of guanidine groups is 1. The summed E-state index contributed by atoms with van der Waals surface area (Å²) in [5.41, 5.74) is 10.4. The minimum absolute atomic E-state index is 0.293. The van der Waals surface area contributed by atoms with Gasteiger partial charge in [-0.1, -0.05) is 30.3 Å². The Labute approximate surface area is 156 Å². The second-order valence-electron chi connectivity index (χ2n) is 5.70. The van der Waals surface area contributed by atoms with Crippen molar-refractivity contribution < 1.29 is 22.2 Å². The van der Waals surface area contributed by atoms with Gasteiger partial charge in [0, 0.05) is 11.1 Å². The molecule has 0 fully saturated rings. The molecule has 2 aromatic carbocycles. The third kappa shape index (κ3) is 4.72. The van der Waals surface area contributed by atoms with E-state index in [9.17, 15) is 13.2 Å². The first kappa shape index (κ1) is 18.6. The van der Waals surface area contributed by atoms with E-state index in [4.69, 9.17) is 10.5 Å². The van der Waals surface area contributed by atoms with Crippen molar-refractivity contribution in [2.24, 2.45) is 10.7 Å². The van der Waals surface area contributed by atoms with E-state index in [1.807, 2.05) is 41.9 Å². The Balaban J connectivity index is 1.84. The number of hydroxylamine groups is 1. The van der Waals surface area contributed by atoms with Crippen LogP contribution in [-0.2, 0) is 14.4 Å². The van der Waals surface area contributed by atoms with Crippen LogP contribution in [0.5, 0.6) is 5.75 Å². The molecule has 3 N–H and O–H groups in total. The van der Waals surface area contributed by atoms with Crippen LogP contribution in [0.15, 0.2) is 59.6 Å². The molecule has 8 nitrogen and oxygen atoms in total. The Kier molecular flexibility index (Phi) is 5.24. The van der Waals surface area contributed by atoms with Crippen LogP contribution in [0.2, 0.25) is 0 Å². The zero-order valence-corrected chi connectivity index (χ0v) is 15.2. The number of nitrogens with one attached hydrogen (secondary N) is 1. The minimum Gasteiger partial charge on any atom is -0.489 e. The number of amides is 1. The fraction of sp³-hybridized carbons (Fsp3) is 0.111. The Morgan fingerprint density at radius 2 is 2.00 bits per heavy atom. The first-order valence-corrected chi connectivity index (χ1v) is 9.71. The monoisotopic (exact) mass is 387 g/mol. The Morgan fingerprint density at radius 3 is 2.78 bits per heavy atom. The molecule has 140 valence electrons. The number of fused-ring (bicyclic) bond motifs is 1. The van der Waals surface area contributed by atoms with E-state index in [-0.39, 0.29) is 0 Å². The molecule has 0 spiro atoms. The molecule has 27 heavy (non-hydrogen) atoms. The lowest BCUT2D eigenvalue weighted by Gasteiger charge is -2.19. The topological polar surface area (TPSA) is 120 Å². The molecule has 1 heterocycles. The molecule has 0 aliphatic carbocycles. The molecule has 0 unspecified atom stereocenters. The van der Waals surface area contributed by atoms with Crippen LogP contribution in [0.25, 0.3) is 5.57 Å². The molecule has 2 aromatic rings. The molecular weight excluding hydrogens is 370 g/mol. The SMILES string of the molecule is CS(=O)(=O)ONC(N)=NC(=O)c1cccc(C2=CCOc3ccccc32)c1. The zero-order chi connectivity index (χ0) is 19.4. The first-order valence-electron chi connectivity index (χ1n) is 7.89. The normalized spacial score (nSPS) is 14.0. The lowest BCUT2D eigenvalue weighted by atomic mass is 9.94. The van der Waals surface area contributed by atoms with Crippen molar-refractivity contribution in [3.63, 3.8) is 0 Å². The van der Waals surface area contributed by atoms with E-state index in [0.29, 0.717) is 12.2 Å². The van der Waals surface area contributed by atoms with E-state index in [2.05, 4.69) is 9.28 Å². The highest BCUT2D eigenvalue weighted by Crippen LogP contribution is 2.34. The number of carbonyl (C=O) groups excluding carboxylic acids is 1. The molecular formula is C18H17N3O5S. The molecule has 0 aromatic heterocycles. The zero-order valence-electron chi connectivity index (χ0n) is 14.4. The van der Waals surface area contributed by atoms with Gasteiger partial charge >= 0.3 is 0 Å². The summed E-state index contributed by atoms with van der Waals surface area (Å²) in [6, 6.07) is 14.5. The van der Waals surface area contributed by atoms with Gasteiger partial charge < -0.3 is 10.5 Å². The summed E-state index contributed by atoms with van der Waals surface area (Å²) < 4.78 is 31.7. The van der Waals surface area contributed by atoms with Gasteiger partial charge in [0.1, 0.15) is 12.4 Å². The largest absolute Gasteiger partial charge is 0.489 e. The lowest BCUT2D eigenvalue weighted by molar-refractivity contribution is 0.100. The minimum atomic E-state index is -3.77. The second kappa shape index (κ2) is 7.60. The third-order valence-corrected chi connectivity index (χ3v) is 4.03. The number of rotatable bonds is 4. The molecule has 0 saturated heterocycles. The number of benzene rings is 2. The van der Waals surface area contributed by atoms with Crippen LogP contribution in [0.3, 0.4) is 0 Å². The fourth-order valence-electron chi connectivity index (χ4n) is 2.55. The number of hydrogen-bond acceptors (Lipinski definition) is 5. The summed E-state index contributed by atoms with van der Waals surface area (Å²) in [6.07, 6.45) is 2.77. The van der Waals surface area contributed by atoms with Crippen molar-refractivity contribution in [2.45, 2.75) is 0 Å². The van der Waals surface area contributed by atoms with Crippen LogP contribution >= 0.6 is 0 Å². The van der Waals surface area contributed by atoms with Crippen LogP contribution in [0, 0.1) is 0 Å². The molecule has 1 aliphatic rings. The molecule has 9 heteroatoms. The number of para-hydroxylation sites is 1. The summed E-state index contributed by atoms with van der Waals surface area (Å²) >= 11 is 0. The quantitative estimate of drug-likeness (QED) is 0.463.